The number of ether oxygens (including phenoxy) is 1. The second kappa shape index (κ2) is 3.51. The Labute approximate surface area is 74.2 Å². The zero-order valence-corrected chi connectivity index (χ0v) is 6.90. The molecule has 0 aromatic heterocycles. The highest BCUT2D eigenvalue weighted by Crippen LogP contribution is 2.37. The summed E-state index contributed by atoms with van der Waals surface area (Å²) >= 11 is 14.0. The molecule has 0 aliphatic carbocycles. The van der Waals surface area contributed by atoms with Crippen LogP contribution in [0.25, 0.3) is 0 Å². The minimum Gasteiger partial charge on any atom is -0.265 e. The van der Waals surface area contributed by atoms with Crippen molar-refractivity contribution < 1.29 is 22.3 Å². The molecule has 0 aromatic rings. The van der Waals surface area contributed by atoms with E-state index in [1.807, 2.05) is 0 Å². The van der Waals surface area contributed by atoms with Gasteiger partial charge in [0.25, 0.3) is 0 Å². The van der Waals surface area contributed by atoms with Gasteiger partial charge in [-0.1, -0.05) is 34.8 Å². The average Bonchev–Trinajstić information content (AvgIpc) is 1.56. The number of halogens is 7. The minimum absolute atomic E-state index is 2.85. The molecule has 0 spiro atoms. The zero-order chi connectivity index (χ0) is 9.28. The molecule has 0 fully saturated rings. The van der Waals surface area contributed by atoms with E-state index in [1.54, 1.807) is 0 Å². The van der Waals surface area contributed by atoms with E-state index in [0.717, 1.165) is 0 Å². The van der Waals surface area contributed by atoms with E-state index in [9.17, 15) is 17.6 Å². The fraction of sp³-hybridized carbons (Fsp3) is 1.00. The highest BCUT2D eigenvalue weighted by Gasteiger charge is 2.48. The van der Waals surface area contributed by atoms with Crippen molar-refractivity contribution in [3.05, 3.63) is 0 Å². The van der Waals surface area contributed by atoms with Crippen LogP contribution < -0.4 is 0 Å². The molecule has 0 rings (SSSR count). The summed E-state index contributed by atoms with van der Waals surface area (Å²) in [6.07, 6.45) is -8.77. The number of alkyl halides is 7. The van der Waals surface area contributed by atoms with Crippen molar-refractivity contribution in [2.45, 2.75) is 16.5 Å². The van der Waals surface area contributed by atoms with Gasteiger partial charge in [-0.3, -0.25) is 4.74 Å². The molecule has 1 nitrogen and oxygen atoms in total. The van der Waals surface area contributed by atoms with Crippen LogP contribution in [0.2, 0.25) is 0 Å². The Kier molecular flexibility index (Phi) is 3.69. The van der Waals surface area contributed by atoms with Gasteiger partial charge in [0.15, 0.2) is 0 Å². The summed E-state index contributed by atoms with van der Waals surface area (Å²) in [5.41, 5.74) is 0. The third-order valence-corrected chi connectivity index (χ3v) is 0.737. The second-order valence-electron chi connectivity index (χ2n) is 1.41. The highest BCUT2D eigenvalue weighted by atomic mass is 35.6. The normalized spacial score (nSPS) is 14.2. The van der Waals surface area contributed by atoms with E-state index in [2.05, 4.69) is 39.5 Å². The number of hydrogen-bond donors (Lipinski definition) is 0. The van der Waals surface area contributed by atoms with Crippen molar-refractivity contribution >= 4 is 34.8 Å². The van der Waals surface area contributed by atoms with Gasteiger partial charge in [-0.15, -0.1) is 0 Å². The molecular weight excluding hydrogens is 234 g/mol. The van der Waals surface area contributed by atoms with Crippen LogP contribution in [0.4, 0.5) is 17.6 Å². The first kappa shape index (κ1) is 11.6. The smallest absolute Gasteiger partial charge is 0.265 e. The first-order chi connectivity index (χ1) is 4.65. The second-order valence-corrected chi connectivity index (χ2v) is 3.59. The molecule has 0 aliphatic rings. The largest absolute Gasteiger partial charge is 0.419 e. The van der Waals surface area contributed by atoms with Gasteiger partial charge < -0.3 is 0 Å². The maximum Gasteiger partial charge on any atom is 0.419 e. The fourth-order valence-corrected chi connectivity index (χ4v) is 0.507. The first-order valence-corrected chi connectivity index (χ1v) is 3.21. The molecule has 0 heterocycles. The molecule has 0 atom stereocenters. The maximum atomic E-state index is 11.8. The Morgan fingerprint density at radius 1 is 1.09 bits per heavy atom. The summed E-state index contributed by atoms with van der Waals surface area (Å²) in [5, 5.41) is 0. The van der Waals surface area contributed by atoms with Crippen LogP contribution in [-0.4, -0.2) is 16.5 Å². The molecule has 0 radical (unpaired) electrons. The van der Waals surface area contributed by atoms with Crippen molar-refractivity contribution in [1.82, 2.24) is 0 Å². The summed E-state index contributed by atoms with van der Waals surface area (Å²) in [6, 6.07) is 0. The zero-order valence-electron chi connectivity index (χ0n) is 4.63. The van der Waals surface area contributed by atoms with Gasteiger partial charge in [-0.05, 0) is 0 Å². The topological polar surface area (TPSA) is 9.23 Å². The molecule has 0 saturated carbocycles. The standard InChI is InChI=1S/C3HCl3F4O/c4-3(5,6)11-2(9,10)1(7)8/h1H. The first-order valence-electron chi connectivity index (χ1n) is 2.08. The quantitative estimate of drug-likeness (QED) is 0.527. The molecular formula is C3HCl3F4O. The van der Waals surface area contributed by atoms with Gasteiger partial charge in [0.2, 0.25) is 0 Å². The monoisotopic (exact) mass is 234 g/mol. The lowest BCUT2D eigenvalue weighted by molar-refractivity contribution is -0.303. The van der Waals surface area contributed by atoms with Crippen LogP contribution in [0.1, 0.15) is 0 Å². The summed E-state index contributed by atoms with van der Waals surface area (Å²) in [7, 11) is 0. The Bertz CT molecular complexity index is 133. The van der Waals surface area contributed by atoms with E-state index < -0.39 is 16.5 Å². The van der Waals surface area contributed by atoms with Crippen LogP contribution in [0, 0.1) is 0 Å². The molecule has 68 valence electrons. The van der Waals surface area contributed by atoms with Crippen molar-refractivity contribution in [2.75, 3.05) is 0 Å². The van der Waals surface area contributed by atoms with Crippen LogP contribution in [0.5, 0.6) is 0 Å². The summed E-state index contributed by atoms with van der Waals surface area (Å²) < 4.78 is 46.5. The highest BCUT2D eigenvalue weighted by molar-refractivity contribution is 6.66. The maximum absolute atomic E-state index is 11.8. The van der Waals surface area contributed by atoms with Crippen molar-refractivity contribution in [3.63, 3.8) is 0 Å². The van der Waals surface area contributed by atoms with E-state index in [0.29, 0.717) is 0 Å². The molecule has 11 heavy (non-hydrogen) atoms. The fourth-order valence-electron chi connectivity index (χ4n) is 0.199. The van der Waals surface area contributed by atoms with Crippen molar-refractivity contribution in [3.8, 4) is 0 Å². The van der Waals surface area contributed by atoms with Crippen LogP contribution >= 0.6 is 34.8 Å². The Balaban J connectivity index is 4.13. The SMILES string of the molecule is FC(F)C(F)(F)OC(Cl)(Cl)Cl. The molecule has 0 aromatic carbocycles. The molecule has 0 N–H and O–H groups in total. The number of hydrogen-bond acceptors (Lipinski definition) is 1. The summed E-state index contributed by atoms with van der Waals surface area (Å²) in [4.78, 5) is 0. The van der Waals surface area contributed by atoms with E-state index >= 15 is 0 Å². The molecule has 8 heteroatoms. The Morgan fingerprint density at radius 2 is 1.45 bits per heavy atom. The molecule has 0 saturated heterocycles. The van der Waals surface area contributed by atoms with Gasteiger partial charge in [-0.2, -0.15) is 8.78 Å². The Morgan fingerprint density at radius 3 is 1.55 bits per heavy atom. The molecule has 0 amide bonds. The van der Waals surface area contributed by atoms with Crippen LogP contribution in [0.15, 0.2) is 0 Å². The van der Waals surface area contributed by atoms with Crippen molar-refractivity contribution in [2.24, 2.45) is 0 Å². The molecule has 0 unspecified atom stereocenters. The van der Waals surface area contributed by atoms with Gasteiger partial charge in [0, 0.05) is 0 Å². The molecule has 0 aliphatic heterocycles. The van der Waals surface area contributed by atoms with E-state index in [1.165, 1.54) is 0 Å². The Hall–Kier alpha value is 0.550. The lowest BCUT2D eigenvalue weighted by atomic mass is 10.7. The van der Waals surface area contributed by atoms with E-state index in [4.69, 9.17) is 0 Å². The summed E-state index contributed by atoms with van der Waals surface area (Å²) in [6.45, 7) is 0. The van der Waals surface area contributed by atoms with Gasteiger partial charge in [-0.25, -0.2) is 8.78 Å². The van der Waals surface area contributed by atoms with Crippen LogP contribution in [0.3, 0.4) is 0 Å². The summed E-state index contributed by atoms with van der Waals surface area (Å²) in [5.74, 6) is 0. The molecule has 0 bridgehead atoms. The van der Waals surface area contributed by atoms with Gasteiger partial charge >= 0.3 is 16.5 Å². The lowest BCUT2D eigenvalue weighted by Gasteiger charge is -2.20. The van der Waals surface area contributed by atoms with Gasteiger partial charge in [0.1, 0.15) is 0 Å². The predicted molar refractivity (Wildman–Crippen MR) is 32.3 cm³/mol. The third kappa shape index (κ3) is 4.90. The van der Waals surface area contributed by atoms with E-state index in [-0.39, 0.29) is 0 Å². The van der Waals surface area contributed by atoms with Crippen LogP contribution in [-0.2, 0) is 4.74 Å². The minimum atomic E-state index is -4.74. The van der Waals surface area contributed by atoms with Crippen molar-refractivity contribution in [1.29, 1.82) is 0 Å². The predicted octanol–water partition coefficient (Wildman–Crippen LogP) is 3.19. The average molecular weight is 235 g/mol. The third-order valence-electron chi connectivity index (χ3n) is 0.506. The number of rotatable bonds is 2. The lowest BCUT2D eigenvalue weighted by Crippen LogP contribution is -2.34. The van der Waals surface area contributed by atoms with Gasteiger partial charge in [0.05, 0.1) is 0 Å².